The fourth-order valence-corrected chi connectivity index (χ4v) is 8.79. The number of allylic oxidation sites excluding steroid dienone is 2. The van der Waals surface area contributed by atoms with Crippen molar-refractivity contribution in [3.63, 3.8) is 0 Å². The standard InChI is InChI=1S/C51H58F6O2/c1-3-35-11-15-37(16-12-35)39-19-23-41(24-20-39)43-27-29-45(49(54)47(43)52)58-33-9-5-7-31-51(56,57)32-8-6-10-34-59-46-30-28-44(48(53)50(46)55)42-25-21-40(22-26-42)38-17-13-36(4-2)14-18-38/h3-4,19-30,35-38H,1-2,5-18,31-34H2. The van der Waals surface area contributed by atoms with E-state index in [4.69, 9.17) is 9.47 Å². The lowest BCUT2D eigenvalue weighted by Crippen LogP contribution is -2.16. The number of ether oxygens (including phenoxy) is 2. The minimum atomic E-state index is -2.84. The third kappa shape index (κ3) is 11.9. The van der Waals surface area contributed by atoms with E-state index in [9.17, 15) is 17.6 Å². The van der Waals surface area contributed by atoms with Gasteiger partial charge in [-0.2, -0.15) is 8.78 Å². The summed E-state index contributed by atoms with van der Waals surface area (Å²) in [7, 11) is 0. The molecule has 6 rings (SSSR count). The lowest BCUT2D eigenvalue weighted by atomic mass is 9.78. The second-order valence-corrected chi connectivity index (χ2v) is 16.6. The maximum absolute atomic E-state index is 15.1. The Kier molecular flexibility index (Phi) is 15.8. The molecule has 2 aliphatic carbocycles. The average molecular weight is 817 g/mol. The van der Waals surface area contributed by atoms with Gasteiger partial charge in [0.15, 0.2) is 23.1 Å². The van der Waals surface area contributed by atoms with Crippen LogP contribution in [0.25, 0.3) is 22.3 Å². The van der Waals surface area contributed by atoms with E-state index in [0.29, 0.717) is 60.5 Å². The minimum Gasteiger partial charge on any atom is -0.490 e. The van der Waals surface area contributed by atoms with E-state index in [1.54, 1.807) is 0 Å². The Morgan fingerprint density at radius 2 is 0.847 bits per heavy atom. The fraction of sp³-hybridized carbons (Fsp3) is 0.451. The Balaban J connectivity index is 0.844. The maximum Gasteiger partial charge on any atom is 0.248 e. The van der Waals surface area contributed by atoms with E-state index in [1.165, 1.54) is 35.4 Å². The molecule has 59 heavy (non-hydrogen) atoms. The molecule has 0 saturated heterocycles. The number of unbranched alkanes of at least 4 members (excludes halogenated alkanes) is 4. The van der Waals surface area contributed by atoms with Crippen molar-refractivity contribution in [3.05, 3.63) is 133 Å². The summed E-state index contributed by atoms with van der Waals surface area (Å²) in [5.41, 5.74) is 3.93. The van der Waals surface area contributed by atoms with Gasteiger partial charge in [-0.15, -0.1) is 13.2 Å². The smallest absolute Gasteiger partial charge is 0.248 e. The van der Waals surface area contributed by atoms with E-state index in [1.807, 2.05) is 60.7 Å². The van der Waals surface area contributed by atoms with Crippen molar-refractivity contribution < 1.29 is 35.8 Å². The van der Waals surface area contributed by atoms with Crippen LogP contribution in [0, 0.1) is 35.1 Å². The largest absolute Gasteiger partial charge is 0.490 e. The van der Waals surface area contributed by atoms with Gasteiger partial charge >= 0.3 is 0 Å². The Labute approximate surface area is 346 Å². The van der Waals surface area contributed by atoms with Crippen LogP contribution in [0.5, 0.6) is 11.5 Å². The fourth-order valence-electron chi connectivity index (χ4n) is 8.79. The van der Waals surface area contributed by atoms with Crippen molar-refractivity contribution in [1.82, 2.24) is 0 Å². The first-order valence-corrected chi connectivity index (χ1v) is 21.6. The monoisotopic (exact) mass is 816 g/mol. The van der Waals surface area contributed by atoms with Crippen molar-refractivity contribution in [2.45, 2.75) is 120 Å². The third-order valence-corrected chi connectivity index (χ3v) is 12.6. The summed E-state index contributed by atoms with van der Waals surface area (Å²) >= 11 is 0. The van der Waals surface area contributed by atoms with Crippen LogP contribution in [0.2, 0.25) is 0 Å². The number of halogens is 6. The Morgan fingerprint density at radius 3 is 1.20 bits per heavy atom. The van der Waals surface area contributed by atoms with E-state index in [2.05, 4.69) is 13.2 Å². The lowest BCUT2D eigenvalue weighted by Gasteiger charge is -2.27. The number of hydrogen-bond donors (Lipinski definition) is 0. The van der Waals surface area contributed by atoms with Crippen molar-refractivity contribution >= 4 is 0 Å². The molecule has 0 aliphatic heterocycles. The summed E-state index contributed by atoms with van der Waals surface area (Å²) in [6.07, 6.45) is 14.6. The van der Waals surface area contributed by atoms with Crippen molar-refractivity contribution in [3.8, 4) is 33.8 Å². The molecule has 2 nitrogen and oxygen atoms in total. The molecule has 2 aliphatic rings. The summed E-state index contributed by atoms with van der Waals surface area (Å²) < 4.78 is 100. The van der Waals surface area contributed by atoms with E-state index in [0.717, 1.165) is 51.4 Å². The molecule has 0 unspecified atom stereocenters. The Bertz CT molecular complexity index is 1820. The molecule has 316 valence electrons. The number of benzene rings is 4. The molecule has 0 bridgehead atoms. The normalized spacial score (nSPS) is 19.6. The van der Waals surface area contributed by atoms with Gasteiger partial charge in [-0.1, -0.05) is 60.7 Å². The van der Waals surface area contributed by atoms with Crippen LogP contribution < -0.4 is 9.47 Å². The van der Waals surface area contributed by atoms with E-state index < -0.39 is 29.2 Å². The van der Waals surface area contributed by atoms with E-state index in [-0.39, 0.29) is 61.5 Å². The zero-order valence-electron chi connectivity index (χ0n) is 34.1. The molecule has 2 saturated carbocycles. The van der Waals surface area contributed by atoms with Gasteiger partial charge in [0.1, 0.15) is 0 Å². The van der Waals surface area contributed by atoms with Gasteiger partial charge in [-0.3, -0.25) is 0 Å². The van der Waals surface area contributed by atoms with Crippen molar-refractivity contribution in [1.29, 1.82) is 0 Å². The molecule has 0 radical (unpaired) electrons. The zero-order chi connectivity index (χ0) is 41.8. The SMILES string of the molecule is C=CC1CCC(c2ccc(-c3ccc(OCCCCCC(F)(F)CCCCCOc4ccc(-c5ccc(C6CCC(C=C)CC6)cc5)c(F)c4F)c(F)c3F)cc2)CC1. The second kappa shape index (κ2) is 21.2. The molecular weight excluding hydrogens is 759 g/mol. The highest BCUT2D eigenvalue weighted by molar-refractivity contribution is 5.66. The summed E-state index contributed by atoms with van der Waals surface area (Å²) in [4.78, 5) is 0. The van der Waals surface area contributed by atoms with Gasteiger partial charge in [0, 0.05) is 24.0 Å². The van der Waals surface area contributed by atoms with Gasteiger partial charge in [-0.25, -0.2) is 17.6 Å². The number of rotatable bonds is 20. The highest BCUT2D eigenvalue weighted by atomic mass is 19.3. The lowest BCUT2D eigenvalue weighted by molar-refractivity contribution is -0.0209. The molecule has 8 heteroatoms. The zero-order valence-corrected chi connectivity index (χ0v) is 34.1. The van der Waals surface area contributed by atoms with E-state index >= 15 is 8.78 Å². The Hall–Kier alpha value is -4.46. The van der Waals surface area contributed by atoms with Crippen LogP contribution >= 0.6 is 0 Å². The summed E-state index contributed by atoms with van der Waals surface area (Å²) in [5.74, 6) is -5.23. The van der Waals surface area contributed by atoms with Crippen molar-refractivity contribution in [2.24, 2.45) is 11.8 Å². The molecule has 0 N–H and O–H groups in total. The molecule has 0 spiro atoms. The molecule has 2 fully saturated rings. The van der Waals surface area contributed by atoms with Gasteiger partial charge in [-0.05, 0) is 160 Å². The molecule has 0 aromatic heterocycles. The van der Waals surface area contributed by atoms with Crippen LogP contribution in [0.3, 0.4) is 0 Å². The topological polar surface area (TPSA) is 18.5 Å². The van der Waals surface area contributed by atoms with Crippen LogP contribution in [0.1, 0.15) is 126 Å². The summed E-state index contributed by atoms with van der Waals surface area (Å²) in [6, 6.07) is 21.2. The predicted molar refractivity (Wildman–Crippen MR) is 226 cm³/mol. The first-order chi connectivity index (χ1) is 28.6. The number of alkyl halides is 2. The molecular formula is C51H58F6O2. The third-order valence-electron chi connectivity index (χ3n) is 12.6. The first-order valence-electron chi connectivity index (χ1n) is 21.6. The minimum absolute atomic E-state index is 0.0853. The first kappa shape index (κ1) is 44.1. The molecule has 4 aromatic rings. The van der Waals surface area contributed by atoms with Crippen LogP contribution in [-0.2, 0) is 0 Å². The summed E-state index contributed by atoms with van der Waals surface area (Å²) in [5, 5.41) is 0. The predicted octanol–water partition coefficient (Wildman–Crippen LogP) is 15.7. The molecule has 0 amide bonds. The highest BCUT2D eigenvalue weighted by Crippen LogP contribution is 2.39. The van der Waals surface area contributed by atoms with Gasteiger partial charge in [0.25, 0.3) is 0 Å². The highest BCUT2D eigenvalue weighted by Gasteiger charge is 2.27. The molecule has 0 heterocycles. The maximum atomic E-state index is 15.1. The Morgan fingerprint density at radius 1 is 0.475 bits per heavy atom. The van der Waals surface area contributed by atoms with Crippen LogP contribution in [-0.4, -0.2) is 19.1 Å². The van der Waals surface area contributed by atoms with Gasteiger partial charge in [0.05, 0.1) is 13.2 Å². The quantitative estimate of drug-likeness (QED) is 0.0503. The van der Waals surface area contributed by atoms with Crippen LogP contribution in [0.15, 0.2) is 98.1 Å². The number of hydrogen-bond acceptors (Lipinski definition) is 2. The van der Waals surface area contributed by atoms with Gasteiger partial charge in [0.2, 0.25) is 17.6 Å². The van der Waals surface area contributed by atoms with Gasteiger partial charge < -0.3 is 9.47 Å². The second-order valence-electron chi connectivity index (χ2n) is 16.6. The molecule has 4 aromatic carbocycles. The molecule has 0 atom stereocenters. The van der Waals surface area contributed by atoms with Crippen LogP contribution in [0.4, 0.5) is 26.3 Å². The average Bonchev–Trinajstić information content (AvgIpc) is 3.26. The van der Waals surface area contributed by atoms with Crippen molar-refractivity contribution in [2.75, 3.05) is 13.2 Å². The summed E-state index contributed by atoms with van der Waals surface area (Å²) in [6.45, 7) is 7.98.